The predicted molar refractivity (Wildman–Crippen MR) is 45.1 cm³/mol. The van der Waals surface area contributed by atoms with Gasteiger partial charge in [-0.15, -0.1) is 0 Å². The van der Waals surface area contributed by atoms with Crippen LogP contribution in [0.4, 0.5) is 0 Å². The van der Waals surface area contributed by atoms with Crippen LogP contribution in [0.5, 0.6) is 0 Å². The molecule has 2 N–H and O–H groups in total. The molecule has 1 heterocycles. The maximum atomic E-state index is 11.3. The number of nitrogens with one attached hydrogen (secondary N) is 2. The minimum atomic E-state index is -0.708. The van der Waals surface area contributed by atoms with Crippen LogP contribution in [0, 0.1) is 0 Å². The molecule has 0 aromatic carbocycles. The first-order valence-electron chi connectivity index (χ1n) is 3.98. The molecule has 1 rings (SSSR count). The highest BCUT2D eigenvalue weighted by Gasteiger charge is 2.35. The molecule has 68 valence electrons. The Morgan fingerprint density at radius 2 is 2.42 bits per heavy atom. The number of allylic oxidation sites excluding steroid dienone is 1. The monoisotopic (exact) mass is 170 g/mol. The highest BCUT2D eigenvalue weighted by Crippen LogP contribution is 2.14. The molecule has 1 aliphatic heterocycles. The number of hydrogen-bond donors (Lipinski definition) is 2. The van der Waals surface area contributed by atoms with Crippen molar-refractivity contribution in [3.8, 4) is 0 Å². The Bertz CT molecular complexity index is 225. The van der Waals surface area contributed by atoms with E-state index in [0.29, 0.717) is 6.61 Å². The van der Waals surface area contributed by atoms with Gasteiger partial charge in [0.15, 0.2) is 5.54 Å². The second-order valence-corrected chi connectivity index (χ2v) is 3.00. The molecule has 0 aliphatic carbocycles. The van der Waals surface area contributed by atoms with Gasteiger partial charge in [0.05, 0.1) is 6.61 Å². The molecular weight excluding hydrogens is 156 g/mol. The highest BCUT2D eigenvalue weighted by molar-refractivity contribution is 5.83. The summed E-state index contributed by atoms with van der Waals surface area (Å²) >= 11 is 0. The van der Waals surface area contributed by atoms with E-state index in [2.05, 4.69) is 10.9 Å². The average Bonchev–Trinajstić information content (AvgIpc) is 2.33. The van der Waals surface area contributed by atoms with E-state index in [9.17, 15) is 4.79 Å². The van der Waals surface area contributed by atoms with Gasteiger partial charge in [0.25, 0.3) is 0 Å². The number of ether oxygens (including phenoxy) is 1. The fourth-order valence-corrected chi connectivity index (χ4v) is 1.12. The van der Waals surface area contributed by atoms with E-state index < -0.39 is 5.54 Å². The van der Waals surface area contributed by atoms with Crippen molar-refractivity contribution < 1.29 is 9.53 Å². The molecule has 0 spiro atoms. The number of esters is 1. The smallest absolute Gasteiger partial charge is 0.331 e. The van der Waals surface area contributed by atoms with Crippen LogP contribution < -0.4 is 10.9 Å². The number of carbonyl (C=O) groups is 1. The first-order valence-corrected chi connectivity index (χ1v) is 3.98. The zero-order chi connectivity index (χ0) is 9.19. The lowest BCUT2D eigenvalue weighted by atomic mass is 10.0. The topological polar surface area (TPSA) is 50.4 Å². The van der Waals surface area contributed by atoms with Gasteiger partial charge in [-0.3, -0.25) is 0 Å². The van der Waals surface area contributed by atoms with E-state index in [1.54, 1.807) is 13.8 Å². The van der Waals surface area contributed by atoms with Gasteiger partial charge in [-0.1, -0.05) is 0 Å². The summed E-state index contributed by atoms with van der Waals surface area (Å²) in [5, 5.41) is 0. The Morgan fingerprint density at radius 3 is 2.83 bits per heavy atom. The van der Waals surface area contributed by atoms with Crippen LogP contribution in [0.25, 0.3) is 0 Å². The molecule has 0 fully saturated rings. The summed E-state index contributed by atoms with van der Waals surface area (Å²) in [6.07, 6.45) is 1.81. The van der Waals surface area contributed by atoms with Gasteiger partial charge in [-0.05, 0) is 26.8 Å². The number of hydrogen-bond acceptors (Lipinski definition) is 4. The summed E-state index contributed by atoms with van der Waals surface area (Å²) in [4.78, 5) is 11.3. The van der Waals surface area contributed by atoms with Gasteiger partial charge in [0, 0.05) is 5.70 Å². The third-order valence-corrected chi connectivity index (χ3v) is 1.72. The molecule has 12 heavy (non-hydrogen) atoms. The zero-order valence-electron chi connectivity index (χ0n) is 7.60. The molecular formula is C8H14N2O2. The molecule has 0 amide bonds. The largest absolute Gasteiger partial charge is 0.464 e. The molecule has 0 saturated carbocycles. The first kappa shape index (κ1) is 9.06. The van der Waals surface area contributed by atoms with Crippen molar-refractivity contribution in [2.75, 3.05) is 6.61 Å². The van der Waals surface area contributed by atoms with Crippen molar-refractivity contribution in [3.63, 3.8) is 0 Å². The van der Waals surface area contributed by atoms with E-state index >= 15 is 0 Å². The van der Waals surface area contributed by atoms with Crippen LogP contribution in [0.3, 0.4) is 0 Å². The van der Waals surface area contributed by atoms with Crippen molar-refractivity contribution in [1.29, 1.82) is 0 Å². The second-order valence-electron chi connectivity index (χ2n) is 3.00. The minimum Gasteiger partial charge on any atom is -0.464 e. The molecule has 1 unspecified atom stereocenters. The van der Waals surface area contributed by atoms with Crippen LogP contribution >= 0.6 is 0 Å². The summed E-state index contributed by atoms with van der Waals surface area (Å²) in [5.41, 5.74) is 5.94. The fourth-order valence-electron chi connectivity index (χ4n) is 1.12. The molecule has 0 saturated heterocycles. The lowest BCUT2D eigenvalue weighted by molar-refractivity contribution is -0.148. The Balaban J connectivity index is 2.67. The van der Waals surface area contributed by atoms with Crippen molar-refractivity contribution in [2.45, 2.75) is 26.3 Å². The average molecular weight is 170 g/mol. The Labute approximate surface area is 71.9 Å². The minimum absolute atomic E-state index is 0.255. The SMILES string of the molecule is CCOC(=O)C1(C)C=C(C)NN1. The lowest BCUT2D eigenvalue weighted by Gasteiger charge is -2.19. The summed E-state index contributed by atoms with van der Waals surface area (Å²) < 4.78 is 4.89. The third kappa shape index (κ3) is 1.58. The van der Waals surface area contributed by atoms with Gasteiger partial charge in [-0.25, -0.2) is 10.2 Å². The summed E-state index contributed by atoms with van der Waals surface area (Å²) in [5.74, 6) is -0.255. The quantitative estimate of drug-likeness (QED) is 0.586. The zero-order valence-corrected chi connectivity index (χ0v) is 7.60. The van der Waals surface area contributed by atoms with E-state index in [0.717, 1.165) is 5.70 Å². The van der Waals surface area contributed by atoms with Gasteiger partial charge < -0.3 is 10.2 Å². The Kier molecular flexibility index (Phi) is 2.38. The second kappa shape index (κ2) is 3.15. The molecule has 1 atom stereocenters. The standard InChI is InChI=1S/C8H14N2O2/c1-4-12-7(11)8(3)5-6(2)9-10-8/h5,9-10H,4H2,1-3H3. The summed E-state index contributed by atoms with van der Waals surface area (Å²) in [6.45, 7) is 5.86. The summed E-state index contributed by atoms with van der Waals surface area (Å²) in [6, 6.07) is 0. The van der Waals surface area contributed by atoms with Crippen molar-refractivity contribution in [1.82, 2.24) is 10.9 Å². The number of carbonyl (C=O) groups excluding carboxylic acids is 1. The van der Waals surface area contributed by atoms with Crippen LogP contribution in [-0.4, -0.2) is 18.1 Å². The number of hydrazine groups is 1. The molecule has 0 aromatic heterocycles. The third-order valence-electron chi connectivity index (χ3n) is 1.72. The molecule has 0 bridgehead atoms. The van der Waals surface area contributed by atoms with E-state index in [1.165, 1.54) is 0 Å². The maximum Gasteiger partial charge on any atom is 0.331 e. The predicted octanol–water partition coefficient (Wildman–Crippen LogP) is 0.320. The van der Waals surface area contributed by atoms with Gasteiger partial charge >= 0.3 is 5.97 Å². The van der Waals surface area contributed by atoms with E-state index in [1.807, 2.05) is 13.0 Å². The lowest BCUT2D eigenvalue weighted by Crippen LogP contribution is -2.49. The maximum absolute atomic E-state index is 11.3. The van der Waals surface area contributed by atoms with E-state index in [-0.39, 0.29) is 5.97 Å². The van der Waals surface area contributed by atoms with Gasteiger partial charge in [0.1, 0.15) is 0 Å². The Hall–Kier alpha value is -1.03. The molecule has 4 nitrogen and oxygen atoms in total. The van der Waals surface area contributed by atoms with Crippen LogP contribution in [0.1, 0.15) is 20.8 Å². The fraction of sp³-hybridized carbons (Fsp3) is 0.625. The van der Waals surface area contributed by atoms with Crippen LogP contribution in [-0.2, 0) is 9.53 Å². The van der Waals surface area contributed by atoms with Crippen LogP contribution in [0.2, 0.25) is 0 Å². The normalized spacial score (nSPS) is 27.8. The molecule has 4 heteroatoms. The van der Waals surface area contributed by atoms with Gasteiger partial charge in [-0.2, -0.15) is 0 Å². The number of rotatable bonds is 2. The van der Waals surface area contributed by atoms with Crippen LogP contribution in [0.15, 0.2) is 11.8 Å². The molecule has 1 aliphatic rings. The highest BCUT2D eigenvalue weighted by atomic mass is 16.5. The summed E-state index contributed by atoms with van der Waals surface area (Å²) in [7, 11) is 0. The Morgan fingerprint density at radius 1 is 1.75 bits per heavy atom. The van der Waals surface area contributed by atoms with Gasteiger partial charge in [0.2, 0.25) is 0 Å². The molecule has 0 aromatic rings. The molecule has 0 radical (unpaired) electrons. The first-order chi connectivity index (χ1) is 5.58. The van der Waals surface area contributed by atoms with Crippen molar-refractivity contribution >= 4 is 5.97 Å². The van der Waals surface area contributed by atoms with E-state index in [4.69, 9.17) is 4.74 Å². The van der Waals surface area contributed by atoms with Crippen molar-refractivity contribution in [2.24, 2.45) is 0 Å². The van der Waals surface area contributed by atoms with Crippen molar-refractivity contribution in [3.05, 3.63) is 11.8 Å².